The van der Waals surface area contributed by atoms with E-state index in [1.807, 2.05) is 6.07 Å². The van der Waals surface area contributed by atoms with Gasteiger partial charge in [-0.25, -0.2) is 0 Å². The minimum Gasteiger partial charge on any atom is -0.489 e. The summed E-state index contributed by atoms with van der Waals surface area (Å²) >= 11 is 0. The maximum Gasteiger partial charge on any atom is 0.124 e. The minimum atomic E-state index is 0.569. The zero-order chi connectivity index (χ0) is 11.4. The first kappa shape index (κ1) is 11.2. The highest BCUT2D eigenvalue weighted by molar-refractivity contribution is 5.37. The maximum atomic E-state index is 5.64. The molecule has 1 fully saturated rings. The van der Waals surface area contributed by atoms with Crippen molar-refractivity contribution in [1.82, 2.24) is 5.32 Å². The van der Waals surface area contributed by atoms with Crippen LogP contribution < -0.4 is 10.1 Å². The van der Waals surface area contributed by atoms with Crippen molar-refractivity contribution in [1.29, 1.82) is 0 Å². The smallest absolute Gasteiger partial charge is 0.124 e. The summed E-state index contributed by atoms with van der Waals surface area (Å²) < 4.78 is 5.64. The Morgan fingerprint density at radius 1 is 1.50 bits per heavy atom. The fourth-order valence-corrected chi connectivity index (χ4v) is 1.68. The molecule has 0 saturated heterocycles. The van der Waals surface area contributed by atoms with Gasteiger partial charge in [-0.3, -0.25) is 0 Å². The Morgan fingerprint density at radius 3 is 3.00 bits per heavy atom. The summed E-state index contributed by atoms with van der Waals surface area (Å²) in [6.45, 7) is 7.25. The van der Waals surface area contributed by atoms with Crippen LogP contribution in [0.25, 0.3) is 0 Å². The molecule has 2 nitrogen and oxygen atoms in total. The van der Waals surface area contributed by atoms with Crippen molar-refractivity contribution in [2.45, 2.75) is 32.4 Å². The third-order valence-corrected chi connectivity index (χ3v) is 2.73. The van der Waals surface area contributed by atoms with Gasteiger partial charge in [-0.1, -0.05) is 30.4 Å². The lowest BCUT2D eigenvalue weighted by atomic mass is 10.1. The first-order valence-corrected chi connectivity index (χ1v) is 5.86. The summed E-state index contributed by atoms with van der Waals surface area (Å²) in [5, 5.41) is 3.51. The van der Waals surface area contributed by atoms with Gasteiger partial charge in [0, 0.05) is 18.2 Å². The van der Waals surface area contributed by atoms with Crippen molar-refractivity contribution in [2.75, 3.05) is 6.61 Å². The molecule has 2 rings (SSSR count). The zero-order valence-corrected chi connectivity index (χ0v) is 9.83. The van der Waals surface area contributed by atoms with Gasteiger partial charge in [0.05, 0.1) is 0 Å². The van der Waals surface area contributed by atoms with E-state index in [1.165, 1.54) is 24.0 Å². The molecule has 86 valence electrons. The first-order valence-electron chi connectivity index (χ1n) is 5.86. The molecule has 1 saturated carbocycles. The van der Waals surface area contributed by atoms with Gasteiger partial charge in [0.2, 0.25) is 0 Å². The lowest BCUT2D eigenvalue weighted by Gasteiger charge is -2.11. The van der Waals surface area contributed by atoms with Crippen molar-refractivity contribution in [3.8, 4) is 5.75 Å². The van der Waals surface area contributed by atoms with Crippen LogP contribution in [0.1, 0.15) is 24.0 Å². The van der Waals surface area contributed by atoms with Gasteiger partial charge in [-0.05, 0) is 25.8 Å². The third kappa shape index (κ3) is 3.11. The van der Waals surface area contributed by atoms with Gasteiger partial charge in [0.15, 0.2) is 0 Å². The fourth-order valence-electron chi connectivity index (χ4n) is 1.68. The molecule has 1 N–H and O–H groups in total. The molecule has 0 bridgehead atoms. The van der Waals surface area contributed by atoms with Gasteiger partial charge < -0.3 is 10.1 Å². The monoisotopic (exact) mass is 217 g/mol. The standard InChI is InChI=1S/C14H19NO/c1-3-8-16-14-7-4-11(2)9-12(14)10-15-13-5-6-13/h3-4,7,9,13,15H,1,5-6,8,10H2,2H3. The normalized spacial score (nSPS) is 14.8. The van der Waals surface area contributed by atoms with Crippen LogP contribution in [0.4, 0.5) is 0 Å². The fraction of sp³-hybridized carbons (Fsp3) is 0.429. The van der Waals surface area contributed by atoms with Crippen LogP contribution in [-0.2, 0) is 6.54 Å². The molecule has 0 unspecified atom stereocenters. The van der Waals surface area contributed by atoms with Crippen LogP contribution in [0, 0.1) is 6.92 Å². The lowest BCUT2D eigenvalue weighted by Crippen LogP contribution is -2.16. The average Bonchev–Trinajstić information content (AvgIpc) is 3.09. The lowest BCUT2D eigenvalue weighted by molar-refractivity contribution is 0.357. The summed E-state index contributed by atoms with van der Waals surface area (Å²) in [5.74, 6) is 0.971. The van der Waals surface area contributed by atoms with Crippen molar-refractivity contribution < 1.29 is 4.74 Å². The highest BCUT2D eigenvalue weighted by atomic mass is 16.5. The highest BCUT2D eigenvalue weighted by Crippen LogP contribution is 2.23. The second-order valence-corrected chi connectivity index (χ2v) is 4.37. The maximum absolute atomic E-state index is 5.64. The number of nitrogens with one attached hydrogen (secondary N) is 1. The number of hydrogen-bond acceptors (Lipinski definition) is 2. The number of hydrogen-bond donors (Lipinski definition) is 1. The third-order valence-electron chi connectivity index (χ3n) is 2.73. The second kappa shape index (κ2) is 5.17. The Morgan fingerprint density at radius 2 is 2.31 bits per heavy atom. The number of aryl methyl sites for hydroxylation is 1. The van der Waals surface area contributed by atoms with Crippen LogP contribution >= 0.6 is 0 Å². The Bertz CT molecular complexity index is 369. The molecule has 16 heavy (non-hydrogen) atoms. The van der Waals surface area contributed by atoms with Gasteiger partial charge in [0.1, 0.15) is 12.4 Å². The molecular weight excluding hydrogens is 198 g/mol. The predicted octanol–water partition coefficient (Wildman–Crippen LogP) is 2.81. The van der Waals surface area contributed by atoms with E-state index in [-0.39, 0.29) is 0 Å². The largest absolute Gasteiger partial charge is 0.489 e. The summed E-state index contributed by atoms with van der Waals surface area (Å²) in [7, 11) is 0. The van der Waals surface area contributed by atoms with Crippen LogP contribution in [0.2, 0.25) is 0 Å². The quantitative estimate of drug-likeness (QED) is 0.740. The SMILES string of the molecule is C=CCOc1ccc(C)cc1CNC1CC1. The van der Waals surface area contributed by atoms with Crippen LogP contribution in [0.15, 0.2) is 30.9 Å². The van der Waals surface area contributed by atoms with E-state index >= 15 is 0 Å². The van der Waals surface area contributed by atoms with Crippen LogP contribution in [0.3, 0.4) is 0 Å². The van der Waals surface area contributed by atoms with Gasteiger partial charge in [-0.15, -0.1) is 0 Å². The molecule has 1 aliphatic rings. The van der Waals surface area contributed by atoms with E-state index in [9.17, 15) is 0 Å². The molecule has 2 heteroatoms. The predicted molar refractivity (Wildman–Crippen MR) is 66.7 cm³/mol. The Balaban J connectivity index is 2.03. The van der Waals surface area contributed by atoms with E-state index in [0.717, 1.165) is 18.3 Å². The molecule has 0 radical (unpaired) electrons. The van der Waals surface area contributed by atoms with E-state index in [2.05, 4.69) is 31.0 Å². The molecule has 0 aromatic heterocycles. The molecule has 1 aromatic rings. The molecule has 0 aliphatic heterocycles. The molecule has 1 aliphatic carbocycles. The average molecular weight is 217 g/mol. The molecule has 0 amide bonds. The molecule has 1 aromatic carbocycles. The second-order valence-electron chi connectivity index (χ2n) is 4.37. The number of rotatable bonds is 6. The van der Waals surface area contributed by atoms with Gasteiger partial charge in [0.25, 0.3) is 0 Å². The van der Waals surface area contributed by atoms with E-state index in [1.54, 1.807) is 6.08 Å². The molecule has 0 atom stereocenters. The van der Waals surface area contributed by atoms with E-state index in [4.69, 9.17) is 4.74 Å². The van der Waals surface area contributed by atoms with Crippen molar-refractivity contribution >= 4 is 0 Å². The number of ether oxygens (including phenoxy) is 1. The topological polar surface area (TPSA) is 21.3 Å². The van der Waals surface area contributed by atoms with Crippen molar-refractivity contribution in [2.24, 2.45) is 0 Å². The van der Waals surface area contributed by atoms with E-state index < -0.39 is 0 Å². The summed E-state index contributed by atoms with van der Waals surface area (Å²) in [5.41, 5.74) is 2.52. The van der Waals surface area contributed by atoms with Gasteiger partial charge in [-0.2, -0.15) is 0 Å². The minimum absolute atomic E-state index is 0.569. The Labute approximate surface area is 97.3 Å². The van der Waals surface area contributed by atoms with Crippen LogP contribution in [0.5, 0.6) is 5.75 Å². The molecule has 0 heterocycles. The molecule has 0 spiro atoms. The summed E-state index contributed by atoms with van der Waals surface area (Å²) in [4.78, 5) is 0. The highest BCUT2D eigenvalue weighted by Gasteiger charge is 2.20. The van der Waals surface area contributed by atoms with Gasteiger partial charge >= 0.3 is 0 Å². The Hall–Kier alpha value is -1.28. The summed E-state index contributed by atoms with van der Waals surface area (Å²) in [6, 6.07) is 7.04. The Kier molecular flexibility index (Phi) is 3.62. The molecular formula is C14H19NO. The van der Waals surface area contributed by atoms with Crippen LogP contribution in [-0.4, -0.2) is 12.6 Å². The first-order chi connectivity index (χ1) is 7.79. The number of benzene rings is 1. The summed E-state index contributed by atoms with van der Waals surface area (Å²) in [6.07, 6.45) is 4.40. The van der Waals surface area contributed by atoms with Crippen molar-refractivity contribution in [3.63, 3.8) is 0 Å². The zero-order valence-electron chi connectivity index (χ0n) is 9.83. The van der Waals surface area contributed by atoms with E-state index in [0.29, 0.717) is 6.61 Å². The van der Waals surface area contributed by atoms with Crippen molar-refractivity contribution in [3.05, 3.63) is 42.0 Å².